The number of hydrogen-bond donors (Lipinski definition) is 1. The molecule has 2 aromatic rings. The number of carbonyl (C=O) groups excluding carboxylic acids is 1. The van der Waals surface area contributed by atoms with E-state index in [2.05, 4.69) is 37.1 Å². The van der Waals surface area contributed by atoms with Crippen molar-refractivity contribution in [3.8, 4) is 23.3 Å². The van der Waals surface area contributed by atoms with Gasteiger partial charge in [0.25, 0.3) is 0 Å². The van der Waals surface area contributed by atoms with Crippen molar-refractivity contribution in [2.45, 2.75) is 32.3 Å². The van der Waals surface area contributed by atoms with Gasteiger partial charge in [0, 0.05) is 17.0 Å². The van der Waals surface area contributed by atoms with Crippen LogP contribution in [0, 0.1) is 11.8 Å². The molecule has 3 rings (SSSR count). The maximum absolute atomic E-state index is 11.9. The number of nitrogens with one attached hydrogen (secondary N) is 1. The second-order valence-electron chi connectivity index (χ2n) is 7.01. The monoisotopic (exact) mass is 383 g/mol. The minimum Gasteiger partial charge on any atom is -0.483 e. The Bertz CT molecular complexity index is 879. The third kappa shape index (κ3) is 5.42. The van der Waals surface area contributed by atoms with Gasteiger partial charge in [-0.15, -0.1) is 0 Å². The number of halogens is 1. The molecule has 5 heteroatoms. The highest BCUT2D eigenvalue weighted by molar-refractivity contribution is 6.30. The van der Waals surface area contributed by atoms with E-state index in [9.17, 15) is 4.79 Å². The number of benzene rings is 2. The minimum absolute atomic E-state index is 0.0796. The number of rotatable bonds is 5. The molecule has 1 heterocycles. The van der Waals surface area contributed by atoms with Crippen LogP contribution in [0.2, 0.25) is 5.02 Å². The zero-order valence-electron chi connectivity index (χ0n) is 15.5. The molecule has 140 valence electrons. The Labute approximate surface area is 164 Å². The summed E-state index contributed by atoms with van der Waals surface area (Å²) in [6, 6.07) is 13.1. The van der Waals surface area contributed by atoms with Crippen molar-refractivity contribution in [2.24, 2.45) is 0 Å². The van der Waals surface area contributed by atoms with E-state index in [1.807, 2.05) is 24.3 Å². The van der Waals surface area contributed by atoms with E-state index in [1.165, 1.54) is 0 Å². The number of ether oxygens (including phenoxy) is 2. The lowest BCUT2D eigenvalue weighted by Gasteiger charge is -2.17. The lowest BCUT2D eigenvalue weighted by atomic mass is 10.0. The standard InChI is InChI=1S/C22H22ClNO3/c1-22(2)15-17-6-5-7-19(21(17)27-22)26-13-4-3-12-24-20(25)14-16-8-10-18(23)11-9-16/h5-11H,12-15H2,1-2H3,(H,24,25). The van der Waals surface area contributed by atoms with Gasteiger partial charge in [-0.2, -0.15) is 0 Å². The first kappa shape index (κ1) is 19.1. The van der Waals surface area contributed by atoms with Gasteiger partial charge in [0.1, 0.15) is 12.2 Å². The van der Waals surface area contributed by atoms with Crippen LogP contribution < -0.4 is 14.8 Å². The zero-order valence-corrected chi connectivity index (χ0v) is 16.2. The molecule has 0 spiro atoms. The number of fused-ring (bicyclic) bond motifs is 1. The average Bonchev–Trinajstić information content (AvgIpc) is 2.94. The van der Waals surface area contributed by atoms with Crippen molar-refractivity contribution < 1.29 is 14.3 Å². The predicted octanol–water partition coefficient (Wildman–Crippen LogP) is 3.79. The van der Waals surface area contributed by atoms with Crippen LogP contribution >= 0.6 is 11.6 Å². The summed E-state index contributed by atoms with van der Waals surface area (Å²) in [5.74, 6) is 7.24. The van der Waals surface area contributed by atoms with Crippen molar-refractivity contribution in [2.75, 3.05) is 13.2 Å². The van der Waals surface area contributed by atoms with Crippen molar-refractivity contribution in [1.82, 2.24) is 5.32 Å². The second-order valence-corrected chi connectivity index (χ2v) is 7.44. The molecule has 0 unspecified atom stereocenters. The number of amides is 1. The highest BCUT2D eigenvalue weighted by Gasteiger charge is 2.32. The molecule has 1 aliphatic heterocycles. The van der Waals surface area contributed by atoms with E-state index >= 15 is 0 Å². The maximum Gasteiger partial charge on any atom is 0.225 e. The lowest BCUT2D eigenvalue weighted by molar-refractivity contribution is -0.120. The Hall–Kier alpha value is -2.64. The van der Waals surface area contributed by atoms with Gasteiger partial charge in [0.2, 0.25) is 5.91 Å². The van der Waals surface area contributed by atoms with Crippen LogP contribution in [0.5, 0.6) is 11.5 Å². The summed E-state index contributed by atoms with van der Waals surface area (Å²) in [5.41, 5.74) is 1.86. The molecule has 0 saturated carbocycles. The predicted molar refractivity (Wildman–Crippen MR) is 106 cm³/mol. The number of para-hydroxylation sites is 1. The highest BCUT2D eigenvalue weighted by atomic mass is 35.5. The first-order valence-corrected chi connectivity index (χ1v) is 9.21. The summed E-state index contributed by atoms with van der Waals surface area (Å²) in [6.45, 7) is 4.64. The van der Waals surface area contributed by atoms with Gasteiger partial charge in [0.05, 0.1) is 13.0 Å². The molecule has 1 N–H and O–H groups in total. The van der Waals surface area contributed by atoms with Crippen LogP contribution in [0.25, 0.3) is 0 Å². The zero-order chi connectivity index (χ0) is 19.3. The smallest absolute Gasteiger partial charge is 0.225 e. The van der Waals surface area contributed by atoms with Crippen molar-refractivity contribution >= 4 is 17.5 Å². The fraction of sp³-hybridized carbons (Fsp3) is 0.318. The van der Waals surface area contributed by atoms with Crippen molar-refractivity contribution in [1.29, 1.82) is 0 Å². The van der Waals surface area contributed by atoms with Gasteiger partial charge in [-0.1, -0.05) is 47.7 Å². The molecule has 4 nitrogen and oxygen atoms in total. The molecule has 0 bridgehead atoms. The Morgan fingerprint density at radius 1 is 1.22 bits per heavy atom. The van der Waals surface area contributed by atoms with Gasteiger partial charge >= 0.3 is 0 Å². The summed E-state index contributed by atoms with van der Waals surface area (Å²) < 4.78 is 11.7. The Kier molecular flexibility index (Phi) is 5.93. The Balaban J connectivity index is 1.42. The molecule has 0 aliphatic carbocycles. The number of carbonyl (C=O) groups is 1. The minimum atomic E-state index is -0.207. The van der Waals surface area contributed by atoms with E-state index in [-0.39, 0.29) is 24.7 Å². The Morgan fingerprint density at radius 3 is 2.78 bits per heavy atom. The largest absolute Gasteiger partial charge is 0.483 e. The van der Waals surface area contributed by atoms with Crippen LogP contribution in [0.4, 0.5) is 0 Å². The molecule has 0 atom stereocenters. The van der Waals surface area contributed by atoms with E-state index in [0.717, 1.165) is 23.3 Å². The highest BCUT2D eigenvalue weighted by Crippen LogP contribution is 2.41. The third-order valence-corrected chi connectivity index (χ3v) is 4.38. The van der Waals surface area contributed by atoms with Crippen LogP contribution in [0.3, 0.4) is 0 Å². The summed E-state index contributed by atoms with van der Waals surface area (Å²) in [4.78, 5) is 11.9. The third-order valence-electron chi connectivity index (χ3n) is 4.13. The fourth-order valence-electron chi connectivity index (χ4n) is 2.92. The van der Waals surface area contributed by atoms with Crippen molar-refractivity contribution in [3.05, 3.63) is 58.6 Å². The molecule has 1 amide bonds. The fourth-order valence-corrected chi connectivity index (χ4v) is 3.05. The molecule has 1 aliphatic rings. The molecule has 0 fully saturated rings. The van der Waals surface area contributed by atoms with Crippen molar-refractivity contribution in [3.63, 3.8) is 0 Å². The van der Waals surface area contributed by atoms with E-state index in [0.29, 0.717) is 17.2 Å². The van der Waals surface area contributed by atoms with Gasteiger partial charge in [-0.05, 0) is 37.6 Å². The topological polar surface area (TPSA) is 47.6 Å². The molecule has 0 saturated heterocycles. The van der Waals surface area contributed by atoms with Crippen LogP contribution in [-0.2, 0) is 17.6 Å². The maximum atomic E-state index is 11.9. The summed E-state index contributed by atoms with van der Waals surface area (Å²) in [5, 5.41) is 3.43. The van der Waals surface area contributed by atoms with Crippen LogP contribution in [0.1, 0.15) is 25.0 Å². The lowest BCUT2D eigenvalue weighted by Crippen LogP contribution is -2.25. The molecular weight excluding hydrogens is 362 g/mol. The SMILES string of the molecule is CC1(C)Cc2cccc(OCC#CCNC(=O)Cc3ccc(Cl)cc3)c2O1. The molecule has 27 heavy (non-hydrogen) atoms. The van der Waals surface area contributed by atoms with Gasteiger partial charge in [0.15, 0.2) is 11.5 Å². The van der Waals surface area contributed by atoms with E-state index < -0.39 is 0 Å². The van der Waals surface area contributed by atoms with Gasteiger partial charge < -0.3 is 14.8 Å². The molecule has 0 radical (unpaired) electrons. The van der Waals surface area contributed by atoms with Gasteiger partial charge in [-0.25, -0.2) is 0 Å². The van der Waals surface area contributed by atoms with Crippen LogP contribution in [-0.4, -0.2) is 24.7 Å². The Morgan fingerprint density at radius 2 is 2.00 bits per heavy atom. The second kappa shape index (κ2) is 8.37. The summed E-state index contributed by atoms with van der Waals surface area (Å²) in [6.07, 6.45) is 1.17. The molecular formula is C22H22ClNO3. The van der Waals surface area contributed by atoms with Crippen LogP contribution in [0.15, 0.2) is 42.5 Å². The summed E-state index contributed by atoms with van der Waals surface area (Å²) in [7, 11) is 0. The number of hydrogen-bond acceptors (Lipinski definition) is 3. The van der Waals surface area contributed by atoms with E-state index in [4.69, 9.17) is 21.1 Å². The average molecular weight is 384 g/mol. The normalized spacial score (nSPS) is 13.7. The van der Waals surface area contributed by atoms with E-state index in [1.54, 1.807) is 12.1 Å². The summed E-state index contributed by atoms with van der Waals surface area (Å²) >= 11 is 5.83. The first-order valence-electron chi connectivity index (χ1n) is 8.83. The molecule has 2 aromatic carbocycles. The molecule has 0 aromatic heterocycles. The first-order chi connectivity index (χ1) is 12.9. The quantitative estimate of drug-likeness (QED) is 0.799. The van der Waals surface area contributed by atoms with Gasteiger partial charge in [-0.3, -0.25) is 4.79 Å².